The minimum absolute atomic E-state index is 0.113. The quantitative estimate of drug-likeness (QED) is 0.292. The third-order valence-electron chi connectivity index (χ3n) is 7.04. The maximum atomic E-state index is 12.9. The van der Waals surface area contributed by atoms with Crippen LogP contribution in [0.1, 0.15) is 86.6 Å². The first-order valence-electron chi connectivity index (χ1n) is 12.7. The van der Waals surface area contributed by atoms with Crippen molar-refractivity contribution in [3.8, 4) is 0 Å². The lowest BCUT2D eigenvalue weighted by Gasteiger charge is -2.29. The molecule has 0 saturated carbocycles. The molecule has 0 spiro atoms. The summed E-state index contributed by atoms with van der Waals surface area (Å²) in [5, 5.41) is 2.36. The van der Waals surface area contributed by atoms with Crippen LogP contribution in [0.2, 0.25) is 0 Å². The molecule has 0 aromatic heterocycles. The van der Waals surface area contributed by atoms with Gasteiger partial charge < -0.3 is 9.80 Å². The highest BCUT2D eigenvalue weighted by atomic mass is 32.2. The number of imide groups is 1. The molecule has 4 amide bonds. The highest BCUT2D eigenvalue weighted by Crippen LogP contribution is 2.34. The zero-order valence-corrected chi connectivity index (χ0v) is 20.7. The molecule has 1 N–H and O–H groups in total. The molecule has 3 aliphatic rings. The van der Waals surface area contributed by atoms with E-state index in [0.717, 1.165) is 61.4 Å². The molecule has 3 aliphatic heterocycles. The van der Waals surface area contributed by atoms with Gasteiger partial charge >= 0.3 is 0 Å². The van der Waals surface area contributed by atoms with Crippen molar-refractivity contribution in [2.45, 2.75) is 88.1 Å². The molecule has 34 heavy (non-hydrogen) atoms. The van der Waals surface area contributed by atoms with Crippen molar-refractivity contribution in [2.75, 3.05) is 18.8 Å². The Morgan fingerprint density at radius 1 is 0.941 bits per heavy atom. The summed E-state index contributed by atoms with van der Waals surface area (Å²) in [6.07, 6.45) is 10.6. The van der Waals surface area contributed by atoms with Crippen LogP contribution >= 0.6 is 11.8 Å². The van der Waals surface area contributed by atoms with Gasteiger partial charge in [0.15, 0.2) is 0 Å². The number of hydrogen-bond donors (Lipinski definition) is 1. The number of carbonyl (C=O) groups excluding carboxylic acids is 4. The van der Waals surface area contributed by atoms with Crippen molar-refractivity contribution in [3.05, 3.63) is 29.3 Å². The van der Waals surface area contributed by atoms with Gasteiger partial charge in [-0.2, -0.15) is 0 Å². The molecule has 1 aromatic carbocycles. The van der Waals surface area contributed by atoms with Gasteiger partial charge in [0.25, 0.3) is 5.91 Å². The Bertz CT molecular complexity index is 935. The van der Waals surface area contributed by atoms with Crippen LogP contribution in [0.5, 0.6) is 0 Å². The van der Waals surface area contributed by atoms with Crippen LogP contribution in [0.4, 0.5) is 0 Å². The zero-order chi connectivity index (χ0) is 23.9. The number of benzene rings is 1. The van der Waals surface area contributed by atoms with Gasteiger partial charge in [-0.3, -0.25) is 24.5 Å². The Morgan fingerprint density at radius 2 is 1.74 bits per heavy atom. The molecular weight excluding hydrogens is 450 g/mol. The lowest BCUT2D eigenvalue weighted by atomic mass is 10.0. The van der Waals surface area contributed by atoms with Crippen molar-refractivity contribution >= 4 is 35.4 Å². The minimum atomic E-state index is -0.566. The van der Waals surface area contributed by atoms with Gasteiger partial charge in [0.05, 0.1) is 0 Å². The number of amides is 4. The number of rotatable bonds is 11. The average Bonchev–Trinajstić information content (AvgIpc) is 3.16. The topological polar surface area (TPSA) is 86.8 Å². The van der Waals surface area contributed by atoms with Gasteiger partial charge in [0, 0.05) is 42.9 Å². The average molecular weight is 486 g/mol. The second-order valence-electron chi connectivity index (χ2n) is 9.49. The lowest BCUT2D eigenvalue weighted by Crippen LogP contribution is -2.52. The Hall–Kier alpha value is -2.35. The summed E-state index contributed by atoms with van der Waals surface area (Å²) >= 11 is 1.79. The fourth-order valence-corrected chi connectivity index (χ4v) is 6.18. The molecule has 184 valence electrons. The van der Waals surface area contributed by atoms with E-state index in [9.17, 15) is 19.2 Å². The molecule has 7 nitrogen and oxygen atoms in total. The predicted molar refractivity (Wildman–Crippen MR) is 131 cm³/mol. The van der Waals surface area contributed by atoms with E-state index in [-0.39, 0.29) is 24.1 Å². The number of thioether (sulfide) groups is 1. The summed E-state index contributed by atoms with van der Waals surface area (Å²) < 4.78 is 0. The van der Waals surface area contributed by atoms with Crippen LogP contribution in [0, 0.1) is 0 Å². The highest BCUT2D eigenvalue weighted by Gasteiger charge is 2.39. The van der Waals surface area contributed by atoms with Crippen LogP contribution in [-0.2, 0) is 20.9 Å². The molecule has 2 saturated heterocycles. The van der Waals surface area contributed by atoms with E-state index in [1.807, 2.05) is 17.0 Å². The highest BCUT2D eigenvalue weighted by molar-refractivity contribution is 7.99. The van der Waals surface area contributed by atoms with Crippen LogP contribution in [0.15, 0.2) is 23.1 Å². The zero-order valence-electron chi connectivity index (χ0n) is 19.9. The SMILES string of the molecule is O=C1CCC(N2Cc3c(SCCCCCCCCN4CCCCC4=O)cccc3C2=O)C(=O)N1. The lowest BCUT2D eigenvalue weighted by molar-refractivity contribution is -0.137. The number of nitrogens with one attached hydrogen (secondary N) is 1. The van der Waals surface area contributed by atoms with Gasteiger partial charge in [-0.05, 0) is 55.6 Å². The first-order chi connectivity index (χ1) is 16.5. The molecular formula is C26H35N3O4S. The number of piperidine rings is 2. The molecule has 1 unspecified atom stereocenters. The van der Waals surface area contributed by atoms with Crippen molar-refractivity contribution in [3.63, 3.8) is 0 Å². The monoisotopic (exact) mass is 485 g/mol. The van der Waals surface area contributed by atoms with Crippen molar-refractivity contribution in [1.82, 2.24) is 15.1 Å². The normalized spacial score (nSPS) is 20.6. The van der Waals surface area contributed by atoms with Crippen LogP contribution in [0.3, 0.4) is 0 Å². The fraction of sp³-hybridized carbons (Fsp3) is 0.615. The standard InChI is InChI=1S/C26H35N3O4S/c30-23-14-13-21(25(32)27-23)29-18-20-19(26(29)33)10-9-11-22(20)34-17-8-4-2-1-3-6-15-28-16-7-5-12-24(28)31/h9-11,21H,1-8,12-18H2,(H,27,30,32). The molecule has 1 atom stereocenters. The molecule has 0 bridgehead atoms. The van der Waals surface area contributed by atoms with Crippen molar-refractivity contribution in [1.29, 1.82) is 0 Å². The molecule has 0 aliphatic carbocycles. The Balaban J connectivity index is 1.15. The van der Waals surface area contributed by atoms with Gasteiger partial charge in [0.1, 0.15) is 6.04 Å². The van der Waals surface area contributed by atoms with Gasteiger partial charge in [-0.25, -0.2) is 0 Å². The van der Waals surface area contributed by atoms with Gasteiger partial charge in [0.2, 0.25) is 17.7 Å². The molecule has 4 rings (SSSR count). The Morgan fingerprint density at radius 3 is 2.53 bits per heavy atom. The molecule has 1 aromatic rings. The summed E-state index contributed by atoms with van der Waals surface area (Å²) in [5.41, 5.74) is 1.69. The first-order valence-corrected chi connectivity index (χ1v) is 13.7. The van der Waals surface area contributed by atoms with Gasteiger partial charge in [-0.15, -0.1) is 11.8 Å². The van der Waals surface area contributed by atoms with E-state index >= 15 is 0 Å². The third kappa shape index (κ3) is 6.01. The number of hydrogen-bond acceptors (Lipinski definition) is 5. The number of likely N-dealkylation sites (tertiary alicyclic amines) is 1. The van der Waals surface area contributed by atoms with E-state index < -0.39 is 6.04 Å². The minimum Gasteiger partial charge on any atom is -0.343 e. The summed E-state index contributed by atoms with van der Waals surface area (Å²) in [6, 6.07) is 5.25. The van der Waals surface area contributed by atoms with E-state index in [0.29, 0.717) is 24.4 Å². The predicted octanol–water partition coefficient (Wildman–Crippen LogP) is 3.89. The van der Waals surface area contributed by atoms with Crippen molar-refractivity contribution < 1.29 is 19.2 Å². The molecule has 3 heterocycles. The Kier molecular flexibility index (Phi) is 8.64. The van der Waals surface area contributed by atoms with Gasteiger partial charge in [-0.1, -0.05) is 31.7 Å². The molecule has 8 heteroatoms. The maximum absolute atomic E-state index is 12.9. The molecule has 0 radical (unpaired) electrons. The fourth-order valence-electron chi connectivity index (χ4n) is 5.08. The van der Waals surface area contributed by atoms with E-state index in [1.54, 1.807) is 16.7 Å². The third-order valence-corrected chi connectivity index (χ3v) is 8.23. The Labute approximate surface area is 206 Å². The maximum Gasteiger partial charge on any atom is 0.255 e. The van der Waals surface area contributed by atoms with Crippen molar-refractivity contribution in [2.24, 2.45) is 0 Å². The second-order valence-corrected chi connectivity index (χ2v) is 10.6. The number of fused-ring (bicyclic) bond motifs is 1. The summed E-state index contributed by atoms with van der Waals surface area (Å²) in [5.74, 6) is 0.592. The first kappa shape index (κ1) is 24.8. The largest absolute Gasteiger partial charge is 0.343 e. The van der Waals surface area contributed by atoms with Crippen LogP contribution < -0.4 is 5.32 Å². The smallest absolute Gasteiger partial charge is 0.255 e. The summed E-state index contributed by atoms with van der Waals surface area (Å²) in [4.78, 5) is 53.2. The van der Waals surface area contributed by atoms with Crippen LogP contribution in [0.25, 0.3) is 0 Å². The van der Waals surface area contributed by atoms with Crippen LogP contribution in [-0.4, -0.2) is 58.3 Å². The van der Waals surface area contributed by atoms with E-state index in [2.05, 4.69) is 11.4 Å². The number of nitrogens with zero attached hydrogens (tertiary/aromatic N) is 2. The number of carbonyl (C=O) groups is 4. The second kappa shape index (κ2) is 11.9. The summed E-state index contributed by atoms with van der Waals surface area (Å²) in [6.45, 7) is 2.29. The van der Waals surface area contributed by atoms with E-state index in [4.69, 9.17) is 0 Å². The molecule has 2 fully saturated rings. The summed E-state index contributed by atoms with van der Waals surface area (Å²) in [7, 11) is 0. The number of unbranched alkanes of at least 4 members (excludes halogenated alkanes) is 5. The van der Waals surface area contributed by atoms with E-state index in [1.165, 1.54) is 25.7 Å².